The second kappa shape index (κ2) is 6.01. The van der Waals surface area contributed by atoms with E-state index in [9.17, 15) is 8.42 Å². The number of rotatable bonds is 3. The highest BCUT2D eigenvalue weighted by molar-refractivity contribution is 9.10. The second-order valence-corrected chi connectivity index (χ2v) is 7.98. The van der Waals surface area contributed by atoms with E-state index < -0.39 is 10.0 Å². The Hall–Kier alpha value is -0.630. The Balaban J connectivity index is 2.21. The summed E-state index contributed by atoms with van der Waals surface area (Å²) in [5, 5.41) is 0. The van der Waals surface area contributed by atoms with Crippen LogP contribution in [0.25, 0.3) is 0 Å². The van der Waals surface area contributed by atoms with Gasteiger partial charge in [-0.1, -0.05) is 6.92 Å². The molecular weight excluding hydrogens is 342 g/mol. The Morgan fingerprint density at radius 2 is 2.15 bits per heavy atom. The smallest absolute Gasteiger partial charge is 0.242 e. The van der Waals surface area contributed by atoms with Gasteiger partial charge in [0, 0.05) is 22.7 Å². The highest BCUT2D eigenvalue weighted by Crippen LogP contribution is 2.26. The number of likely N-dealkylation sites (tertiary alicyclic amines) is 1. The maximum atomic E-state index is 12.5. The van der Waals surface area contributed by atoms with Crippen LogP contribution in [0, 0.1) is 5.92 Å². The molecule has 1 fully saturated rings. The third-order valence-electron chi connectivity index (χ3n) is 3.66. The summed E-state index contributed by atoms with van der Waals surface area (Å²) in [6.07, 6.45) is 0.816. The molecule has 0 amide bonds. The van der Waals surface area contributed by atoms with Gasteiger partial charge in [0.2, 0.25) is 10.0 Å². The van der Waals surface area contributed by atoms with E-state index in [2.05, 4.69) is 39.5 Å². The molecule has 0 radical (unpaired) electrons. The second-order valence-electron chi connectivity index (χ2n) is 5.45. The summed E-state index contributed by atoms with van der Waals surface area (Å²) in [6, 6.07) is 4.76. The van der Waals surface area contributed by atoms with Gasteiger partial charge in [0.05, 0.1) is 4.90 Å². The average Bonchev–Trinajstić information content (AvgIpc) is 2.35. The topological polar surface area (TPSA) is 75.4 Å². The highest BCUT2D eigenvalue weighted by atomic mass is 79.9. The number of sulfonamides is 1. The molecule has 1 saturated heterocycles. The molecule has 2 rings (SSSR count). The summed E-state index contributed by atoms with van der Waals surface area (Å²) in [5.74, 6) is 0.281. The van der Waals surface area contributed by atoms with Crippen molar-refractivity contribution in [1.29, 1.82) is 0 Å². The van der Waals surface area contributed by atoms with Crippen LogP contribution in [0.15, 0.2) is 27.6 Å². The molecule has 7 heteroatoms. The highest BCUT2D eigenvalue weighted by Gasteiger charge is 2.29. The Bertz CT molecular complexity index is 591. The van der Waals surface area contributed by atoms with Crippen molar-refractivity contribution in [2.45, 2.75) is 24.3 Å². The van der Waals surface area contributed by atoms with Gasteiger partial charge in [0.25, 0.3) is 0 Å². The third-order valence-corrected chi connectivity index (χ3v) is 6.14. The molecule has 5 nitrogen and oxygen atoms in total. The van der Waals surface area contributed by atoms with Crippen molar-refractivity contribution in [3.63, 3.8) is 0 Å². The predicted molar refractivity (Wildman–Crippen MR) is 83.9 cm³/mol. The van der Waals surface area contributed by atoms with Gasteiger partial charge >= 0.3 is 0 Å². The summed E-state index contributed by atoms with van der Waals surface area (Å²) < 4.78 is 28.3. The van der Waals surface area contributed by atoms with E-state index in [4.69, 9.17) is 5.73 Å². The number of nitrogens with zero attached hydrogens (tertiary/aromatic N) is 1. The van der Waals surface area contributed by atoms with Crippen molar-refractivity contribution in [3.8, 4) is 0 Å². The first-order valence-corrected chi connectivity index (χ1v) is 8.83. The molecule has 20 heavy (non-hydrogen) atoms. The molecular formula is C13H20BrN3O2S. The first-order valence-electron chi connectivity index (χ1n) is 6.55. The SMILES string of the molecule is CC1CN(C)CCC1NS(=O)(=O)c1cc(N)ccc1Br. The van der Waals surface area contributed by atoms with E-state index in [1.807, 2.05) is 0 Å². The van der Waals surface area contributed by atoms with Gasteiger partial charge in [-0.3, -0.25) is 0 Å². The monoisotopic (exact) mass is 361 g/mol. The van der Waals surface area contributed by atoms with Gasteiger partial charge in [-0.25, -0.2) is 13.1 Å². The number of hydrogen-bond donors (Lipinski definition) is 2. The number of nitrogen functional groups attached to an aromatic ring is 1. The van der Waals surface area contributed by atoms with Crippen LogP contribution in [-0.4, -0.2) is 39.5 Å². The quantitative estimate of drug-likeness (QED) is 0.802. The molecule has 0 bridgehead atoms. The Morgan fingerprint density at radius 1 is 1.45 bits per heavy atom. The number of benzene rings is 1. The number of halogens is 1. The van der Waals surface area contributed by atoms with Gasteiger partial charge in [-0.05, 0) is 60.1 Å². The van der Waals surface area contributed by atoms with Crippen LogP contribution in [0.1, 0.15) is 13.3 Å². The molecule has 1 aromatic rings. The lowest BCUT2D eigenvalue weighted by molar-refractivity contribution is 0.188. The zero-order chi connectivity index (χ0) is 14.9. The van der Waals surface area contributed by atoms with Crippen LogP contribution < -0.4 is 10.5 Å². The Labute approximate surface area is 128 Å². The van der Waals surface area contributed by atoms with Crippen molar-refractivity contribution in [3.05, 3.63) is 22.7 Å². The largest absolute Gasteiger partial charge is 0.399 e. The maximum Gasteiger partial charge on any atom is 0.242 e. The number of piperidine rings is 1. The van der Waals surface area contributed by atoms with E-state index in [1.54, 1.807) is 12.1 Å². The molecule has 112 valence electrons. The summed E-state index contributed by atoms with van der Waals surface area (Å²) >= 11 is 3.27. The standard InChI is InChI=1S/C13H20BrN3O2S/c1-9-8-17(2)6-5-12(9)16-20(18,19)13-7-10(15)3-4-11(13)14/h3-4,7,9,12,16H,5-6,8,15H2,1-2H3. The normalized spacial score (nSPS) is 24.8. The van der Waals surface area contributed by atoms with Crippen LogP contribution in [-0.2, 0) is 10.0 Å². The summed E-state index contributed by atoms with van der Waals surface area (Å²) in [4.78, 5) is 2.41. The average molecular weight is 362 g/mol. The molecule has 1 aliphatic rings. The minimum atomic E-state index is -3.56. The Kier molecular flexibility index (Phi) is 4.73. The maximum absolute atomic E-state index is 12.5. The van der Waals surface area contributed by atoms with E-state index in [0.717, 1.165) is 19.5 Å². The molecule has 0 saturated carbocycles. The number of nitrogens with one attached hydrogen (secondary N) is 1. The predicted octanol–water partition coefficient (Wildman–Crippen LogP) is 1.65. The minimum absolute atomic E-state index is 0.0375. The molecule has 1 aromatic carbocycles. The fraction of sp³-hybridized carbons (Fsp3) is 0.538. The molecule has 1 aliphatic heterocycles. The van der Waals surface area contributed by atoms with Crippen molar-refractivity contribution < 1.29 is 8.42 Å². The van der Waals surface area contributed by atoms with Crippen molar-refractivity contribution in [2.24, 2.45) is 5.92 Å². The van der Waals surface area contributed by atoms with Crippen molar-refractivity contribution in [1.82, 2.24) is 9.62 Å². The van der Waals surface area contributed by atoms with E-state index in [1.165, 1.54) is 6.07 Å². The zero-order valence-corrected chi connectivity index (χ0v) is 14.0. The van der Waals surface area contributed by atoms with E-state index in [0.29, 0.717) is 10.2 Å². The van der Waals surface area contributed by atoms with Gasteiger partial charge < -0.3 is 10.6 Å². The van der Waals surface area contributed by atoms with Gasteiger partial charge in [0.15, 0.2) is 0 Å². The lowest BCUT2D eigenvalue weighted by atomic mass is 9.95. The van der Waals surface area contributed by atoms with Gasteiger partial charge in [-0.15, -0.1) is 0 Å². The summed E-state index contributed by atoms with van der Waals surface area (Å²) in [5.41, 5.74) is 6.12. The zero-order valence-electron chi connectivity index (χ0n) is 11.6. The van der Waals surface area contributed by atoms with Crippen LogP contribution in [0.4, 0.5) is 5.69 Å². The van der Waals surface area contributed by atoms with Crippen molar-refractivity contribution in [2.75, 3.05) is 25.9 Å². The number of anilines is 1. The first-order chi connectivity index (χ1) is 9.29. The molecule has 1 heterocycles. The molecule has 3 N–H and O–H groups in total. The van der Waals surface area contributed by atoms with Crippen molar-refractivity contribution >= 4 is 31.6 Å². The number of nitrogens with two attached hydrogens (primary N) is 1. The molecule has 0 spiro atoms. The Morgan fingerprint density at radius 3 is 2.80 bits per heavy atom. The van der Waals surface area contributed by atoms with Crippen LogP contribution in [0.3, 0.4) is 0 Å². The molecule has 0 aromatic heterocycles. The molecule has 2 unspecified atom stereocenters. The lowest BCUT2D eigenvalue weighted by Crippen LogP contribution is -2.48. The third kappa shape index (κ3) is 3.52. The first kappa shape index (κ1) is 15.8. The van der Waals surface area contributed by atoms with Gasteiger partial charge in [0.1, 0.15) is 0 Å². The van der Waals surface area contributed by atoms with E-state index >= 15 is 0 Å². The molecule has 0 aliphatic carbocycles. The van der Waals surface area contributed by atoms with Crippen LogP contribution >= 0.6 is 15.9 Å². The molecule has 2 atom stereocenters. The number of hydrogen-bond acceptors (Lipinski definition) is 4. The summed E-state index contributed by atoms with van der Waals surface area (Å²) in [7, 11) is -1.51. The van der Waals surface area contributed by atoms with E-state index in [-0.39, 0.29) is 16.9 Å². The fourth-order valence-corrected chi connectivity index (χ4v) is 4.90. The fourth-order valence-electron chi connectivity index (χ4n) is 2.52. The van der Waals surface area contributed by atoms with Gasteiger partial charge in [-0.2, -0.15) is 0 Å². The lowest BCUT2D eigenvalue weighted by Gasteiger charge is -2.35. The van der Waals surface area contributed by atoms with Crippen LogP contribution in [0.2, 0.25) is 0 Å². The van der Waals surface area contributed by atoms with Crippen LogP contribution in [0.5, 0.6) is 0 Å². The minimum Gasteiger partial charge on any atom is -0.399 e. The summed E-state index contributed by atoms with van der Waals surface area (Å²) in [6.45, 7) is 3.86.